The van der Waals surface area contributed by atoms with Crippen LogP contribution in [0, 0.1) is 11.7 Å². The predicted octanol–water partition coefficient (Wildman–Crippen LogP) is 3.29. The normalized spacial score (nSPS) is 26.6. The lowest BCUT2D eigenvalue weighted by molar-refractivity contribution is -0.148. The van der Waals surface area contributed by atoms with Crippen molar-refractivity contribution in [1.82, 2.24) is 4.90 Å². The van der Waals surface area contributed by atoms with Gasteiger partial charge in [-0.25, -0.2) is 8.78 Å². The molecule has 6 nitrogen and oxygen atoms in total. The largest absolute Gasteiger partial charge is 0.469 e. The number of nitrogens with two attached hydrogens (primary N) is 1. The number of hydrogen-bond acceptors (Lipinski definition) is 5. The molecular formula is C21H27ClF2N2O4. The second-order valence-corrected chi connectivity index (χ2v) is 8.41. The minimum absolute atomic E-state index is 0.0325. The first kappa shape index (κ1) is 22.7. The summed E-state index contributed by atoms with van der Waals surface area (Å²) in [6.07, 6.45) is 1.60. The number of hydrogen-bond donors (Lipinski definition) is 1. The first-order chi connectivity index (χ1) is 14.3. The van der Waals surface area contributed by atoms with Crippen LogP contribution in [0.25, 0.3) is 0 Å². The molecule has 2 fully saturated rings. The Morgan fingerprint density at radius 1 is 1.27 bits per heavy atom. The lowest BCUT2D eigenvalue weighted by Gasteiger charge is -2.30. The topological polar surface area (TPSA) is 81.9 Å². The van der Waals surface area contributed by atoms with Crippen molar-refractivity contribution in [3.05, 3.63) is 28.5 Å². The molecule has 0 radical (unpaired) electrons. The third kappa shape index (κ3) is 5.40. The zero-order chi connectivity index (χ0) is 21.8. The highest BCUT2D eigenvalue weighted by atomic mass is 35.5. The third-order valence-corrected chi connectivity index (χ3v) is 6.25. The molecule has 1 amide bonds. The monoisotopic (exact) mass is 444 g/mol. The van der Waals surface area contributed by atoms with Crippen molar-refractivity contribution in [2.24, 2.45) is 5.92 Å². The molecular weight excluding hydrogens is 418 g/mol. The van der Waals surface area contributed by atoms with Crippen LogP contribution in [0.3, 0.4) is 0 Å². The van der Waals surface area contributed by atoms with E-state index in [-0.39, 0.29) is 66.2 Å². The van der Waals surface area contributed by atoms with Gasteiger partial charge in [0.25, 0.3) is 0 Å². The fraction of sp³-hybridized carbons (Fsp3) is 0.619. The van der Waals surface area contributed by atoms with Crippen LogP contribution in [0.5, 0.6) is 0 Å². The minimum Gasteiger partial charge on any atom is -0.469 e. The standard InChI is InChI=1S/C21H27ClF2N2O4/c1-29-21(28)12-2-4-16(5-3-12)30-11-15-8-14(23)10-26(15)20(27)7-13-6-17(22)19(25)9-18(13)24/h6,9,12,14-16H,2-5,7-8,10-11,25H2,1H3/t12?,14-,15-,16?/m0/s1. The van der Waals surface area contributed by atoms with Crippen molar-refractivity contribution < 1.29 is 27.8 Å². The maximum Gasteiger partial charge on any atom is 0.308 e. The summed E-state index contributed by atoms with van der Waals surface area (Å²) in [5.41, 5.74) is 5.79. The van der Waals surface area contributed by atoms with Gasteiger partial charge in [0.15, 0.2) is 0 Å². The number of halogens is 3. The smallest absolute Gasteiger partial charge is 0.308 e. The second kappa shape index (κ2) is 9.92. The van der Waals surface area contributed by atoms with Crippen molar-refractivity contribution in [2.75, 3.05) is 26.0 Å². The molecule has 3 rings (SSSR count). The predicted molar refractivity (Wildman–Crippen MR) is 108 cm³/mol. The molecule has 1 aliphatic carbocycles. The number of nitrogen functional groups attached to an aromatic ring is 1. The molecule has 2 aliphatic rings. The van der Waals surface area contributed by atoms with Crippen LogP contribution >= 0.6 is 11.6 Å². The number of rotatable bonds is 6. The average Bonchev–Trinajstić information content (AvgIpc) is 3.11. The van der Waals surface area contributed by atoms with E-state index in [4.69, 9.17) is 26.8 Å². The molecule has 30 heavy (non-hydrogen) atoms. The molecule has 2 N–H and O–H groups in total. The van der Waals surface area contributed by atoms with E-state index in [0.717, 1.165) is 6.07 Å². The first-order valence-electron chi connectivity index (χ1n) is 10.1. The molecule has 166 valence electrons. The number of esters is 1. The summed E-state index contributed by atoms with van der Waals surface area (Å²) < 4.78 is 38.9. The Balaban J connectivity index is 1.55. The molecule has 1 saturated heterocycles. The molecule has 9 heteroatoms. The van der Waals surface area contributed by atoms with Gasteiger partial charge in [0, 0.05) is 6.42 Å². The number of anilines is 1. The maximum absolute atomic E-state index is 14.1. The molecule has 0 bridgehead atoms. The zero-order valence-electron chi connectivity index (χ0n) is 16.9. The van der Waals surface area contributed by atoms with Crippen molar-refractivity contribution in [3.8, 4) is 0 Å². The van der Waals surface area contributed by atoms with Crippen molar-refractivity contribution in [1.29, 1.82) is 0 Å². The van der Waals surface area contributed by atoms with E-state index in [1.807, 2.05) is 0 Å². The number of carbonyl (C=O) groups excluding carboxylic acids is 2. The van der Waals surface area contributed by atoms with Crippen LogP contribution < -0.4 is 5.73 Å². The summed E-state index contributed by atoms with van der Waals surface area (Å²) in [5.74, 6) is -1.29. The molecule has 0 aromatic heterocycles. The molecule has 0 unspecified atom stereocenters. The van der Waals surface area contributed by atoms with Gasteiger partial charge in [-0.2, -0.15) is 0 Å². The van der Waals surface area contributed by atoms with Crippen molar-refractivity contribution >= 4 is 29.2 Å². The number of amides is 1. The summed E-state index contributed by atoms with van der Waals surface area (Å²) in [5, 5.41) is 0.173. The third-order valence-electron chi connectivity index (χ3n) is 5.92. The molecule has 1 aliphatic heterocycles. The summed E-state index contributed by atoms with van der Waals surface area (Å²) in [7, 11) is 1.38. The van der Waals surface area contributed by atoms with Crippen LogP contribution in [0.15, 0.2) is 12.1 Å². The van der Waals surface area contributed by atoms with Crippen LogP contribution in [0.2, 0.25) is 5.02 Å². The lowest BCUT2D eigenvalue weighted by Crippen LogP contribution is -2.40. The van der Waals surface area contributed by atoms with E-state index in [1.165, 1.54) is 18.1 Å². The Morgan fingerprint density at radius 2 is 1.97 bits per heavy atom. The molecule has 1 aromatic rings. The molecule has 1 heterocycles. The van der Waals surface area contributed by atoms with E-state index in [2.05, 4.69) is 0 Å². The van der Waals surface area contributed by atoms with Gasteiger partial charge in [-0.1, -0.05) is 11.6 Å². The molecule has 1 aromatic carbocycles. The SMILES string of the molecule is COC(=O)C1CCC(OC[C@@H]2C[C@H](F)CN2C(=O)Cc2cc(Cl)c(N)cc2F)CC1. The Labute approximate surface area is 179 Å². The second-order valence-electron chi connectivity index (χ2n) is 8.00. The highest BCUT2D eigenvalue weighted by Crippen LogP contribution is 2.29. The van der Waals surface area contributed by atoms with Crippen molar-refractivity contribution in [2.45, 2.75) is 56.8 Å². The van der Waals surface area contributed by atoms with Gasteiger partial charge in [0.2, 0.25) is 5.91 Å². The number of ether oxygens (including phenoxy) is 2. The zero-order valence-corrected chi connectivity index (χ0v) is 17.7. The van der Waals surface area contributed by atoms with Crippen LogP contribution in [0.4, 0.5) is 14.5 Å². The highest BCUT2D eigenvalue weighted by molar-refractivity contribution is 6.33. The van der Waals surface area contributed by atoms with E-state index in [1.54, 1.807) is 0 Å². The van der Waals surface area contributed by atoms with Gasteiger partial charge in [-0.05, 0) is 43.4 Å². The Morgan fingerprint density at radius 3 is 2.63 bits per heavy atom. The Bertz CT molecular complexity index is 787. The van der Waals surface area contributed by atoms with E-state index in [0.29, 0.717) is 25.7 Å². The molecule has 0 spiro atoms. The van der Waals surface area contributed by atoms with Gasteiger partial charge >= 0.3 is 5.97 Å². The van der Waals surface area contributed by atoms with E-state index in [9.17, 15) is 18.4 Å². The number of alkyl halides is 1. The number of benzene rings is 1. The summed E-state index contributed by atoms with van der Waals surface area (Å²) in [6, 6.07) is 2.01. The van der Waals surface area contributed by atoms with Crippen LogP contribution in [0.1, 0.15) is 37.7 Å². The fourth-order valence-corrected chi connectivity index (χ4v) is 4.39. The summed E-state index contributed by atoms with van der Waals surface area (Å²) in [4.78, 5) is 25.8. The number of carbonyl (C=O) groups is 2. The first-order valence-corrected chi connectivity index (χ1v) is 10.5. The quantitative estimate of drug-likeness (QED) is 0.538. The van der Waals surface area contributed by atoms with Gasteiger partial charge in [-0.3, -0.25) is 9.59 Å². The summed E-state index contributed by atoms with van der Waals surface area (Å²) in [6.45, 7) is 0.178. The number of likely N-dealkylation sites (tertiary alicyclic amines) is 1. The van der Waals surface area contributed by atoms with Crippen molar-refractivity contribution in [3.63, 3.8) is 0 Å². The number of nitrogens with zero attached hydrogens (tertiary/aromatic N) is 1. The van der Waals surface area contributed by atoms with Gasteiger partial charge in [0.05, 0.1) is 55.5 Å². The fourth-order valence-electron chi connectivity index (χ4n) is 4.21. The maximum atomic E-state index is 14.1. The lowest BCUT2D eigenvalue weighted by atomic mass is 9.87. The molecule has 2 atom stereocenters. The number of methoxy groups -OCH3 is 1. The van der Waals surface area contributed by atoms with E-state index >= 15 is 0 Å². The summed E-state index contributed by atoms with van der Waals surface area (Å²) >= 11 is 5.93. The average molecular weight is 445 g/mol. The minimum atomic E-state index is -1.14. The van der Waals surface area contributed by atoms with Gasteiger partial charge in [0.1, 0.15) is 12.0 Å². The Hall–Kier alpha value is -1.93. The van der Waals surface area contributed by atoms with Crippen LogP contribution in [-0.2, 0) is 25.5 Å². The molecule has 1 saturated carbocycles. The van der Waals surface area contributed by atoms with E-state index < -0.39 is 18.0 Å². The van der Waals surface area contributed by atoms with Crippen LogP contribution in [-0.4, -0.2) is 55.4 Å². The van der Waals surface area contributed by atoms with Gasteiger partial charge < -0.3 is 20.1 Å². The highest BCUT2D eigenvalue weighted by Gasteiger charge is 2.36. The Kier molecular flexibility index (Phi) is 7.52. The van der Waals surface area contributed by atoms with Gasteiger partial charge in [-0.15, -0.1) is 0 Å².